The molecular formula is C14H27NO3. The fourth-order valence-corrected chi connectivity index (χ4v) is 2.37. The van der Waals surface area contributed by atoms with Crippen molar-refractivity contribution in [3.8, 4) is 0 Å². The molecule has 1 amide bonds. The van der Waals surface area contributed by atoms with Crippen LogP contribution in [0.5, 0.6) is 0 Å². The summed E-state index contributed by atoms with van der Waals surface area (Å²) in [4.78, 5) is 11.6. The zero-order valence-electron chi connectivity index (χ0n) is 11.9. The Hall–Kier alpha value is -0.610. The number of aliphatic hydroxyl groups excluding tert-OH is 1. The van der Waals surface area contributed by atoms with E-state index >= 15 is 0 Å². The molecule has 0 bridgehead atoms. The average Bonchev–Trinajstić information content (AvgIpc) is 2.33. The van der Waals surface area contributed by atoms with E-state index in [4.69, 9.17) is 4.74 Å². The van der Waals surface area contributed by atoms with Gasteiger partial charge in [-0.1, -0.05) is 12.8 Å². The Morgan fingerprint density at radius 3 is 2.44 bits per heavy atom. The van der Waals surface area contributed by atoms with Gasteiger partial charge in [0.2, 0.25) is 5.91 Å². The summed E-state index contributed by atoms with van der Waals surface area (Å²) in [5.41, 5.74) is -0.282. The van der Waals surface area contributed by atoms with Gasteiger partial charge in [0.25, 0.3) is 0 Å². The van der Waals surface area contributed by atoms with E-state index in [0.717, 1.165) is 12.8 Å². The van der Waals surface area contributed by atoms with Crippen molar-refractivity contribution in [2.45, 2.75) is 52.1 Å². The van der Waals surface area contributed by atoms with E-state index in [1.165, 1.54) is 12.8 Å². The Morgan fingerprint density at radius 1 is 1.28 bits per heavy atom. The topological polar surface area (TPSA) is 58.6 Å². The zero-order chi connectivity index (χ0) is 13.6. The van der Waals surface area contributed by atoms with Crippen molar-refractivity contribution in [1.82, 2.24) is 5.32 Å². The molecule has 106 valence electrons. The Bertz CT molecular complexity index is 260. The number of rotatable bonds is 5. The van der Waals surface area contributed by atoms with Gasteiger partial charge in [0.1, 0.15) is 6.61 Å². The lowest BCUT2D eigenvalue weighted by Crippen LogP contribution is -2.38. The molecule has 2 unspecified atom stereocenters. The smallest absolute Gasteiger partial charge is 0.246 e. The molecule has 1 aliphatic carbocycles. The van der Waals surface area contributed by atoms with Crippen molar-refractivity contribution < 1.29 is 14.6 Å². The fraction of sp³-hybridized carbons (Fsp3) is 0.929. The van der Waals surface area contributed by atoms with Gasteiger partial charge in [0.15, 0.2) is 0 Å². The van der Waals surface area contributed by atoms with Gasteiger partial charge >= 0.3 is 0 Å². The third-order valence-corrected chi connectivity index (χ3v) is 3.50. The van der Waals surface area contributed by atoms with Crippen molar-refractivity contribution in [3.63, 3.8) is 0 Å². The molecule has 0 aromatic carbocycles. The van der Waals surface area contributed by atoms with E-state index in [2.05, 4.69) is 5.32 Å². The van der Waals surface area contributed by atoms with E-state index in [1.807, 2.05) is 20.8 Å². The molecule has 0 aromatic rings. The van der Waals surface area contributed by atoms with E-state index in [0.29, 0.717) is 18.4 Å². The molecule has 0 saturated heterocycles. The second-order valence-electron chi connectivity index (χ2n) is 6.19. The molecule has 2 N–H and O–H groups in total. The van der Waals surface area contributed by atoms with Crippen molar-refractivity contribution in [1.29, 1.82) is 0 Å². The summed E-state index contributed by atoms with van der Waals surface area (Å²) in [7, 11) is 0. The number of nitrogens with one attached hydrogen (secondary N) is 1. The highest BCUT2D eigenvalue weighted by Gasteiger charge is 2.24. The maximum Gasteiger partial charge on any atom is 0.246 e. The summed E-state index contributed by atoms with van der Waals surface area (Å²) in [6, 6.07) is 0. The number of carbonyl (C=O) groups excluding carboxylic acids is 1. The fourth-order valence-electron chi connectivity index (χ4n) is 2.37. The van der Waals surface area contributed by atoms with E-state index in [1.54, 1.807) is 0 Å². The standard InChI is InChI=1S/C14H27NO3/c1-14(2,3)18-10-13(17)15-8-11-6-4-5-7-12(11)9-16/h11-12,16H,4-10H2,1-3H3,(H,15,17). The number of hydrogen-bond acceptors (Lipinski definition) is 3. The molecule has 1 aliphatic rings. The quantitative estimate of drug-likeness (QED) is 0.788. The van der Waals surface area contributed by atoms with Gasteiger partial charge in [0, 0.05) is 13.2 Å². The highest BCUT2D eigenvalue weighted by Crippen LogP contribution is 2.28. The molecule has 4 nitrogen and oxygen atoms in total. The molecule has 2 atom stereocenters. The lowest BCUT2D eigenvalue weighted by Gasteiger charge is -2.30. The first kappa shape index (κ1) is 15.4. The van der Waals surface area contributed by atoms with Gasteiger partial charge in [-0.15, -0.1) is 0 Å². The maximum absolute atomic E-state index is 11.6. The van der Waals surface area contributed by atoms with Gasteiger partial charge in [0.05, 0.1) is 5.60 Å². The number of ether oxygens (including phenoxy) is 1. The molecule has 0 spiro atoms. The maximum atomic E-state index is 11.6. The minimum Gasteiger partial charge on any atom is -0.396 e. The number of amides is 1. The Morgan fingerprint density at radius 2 is 1.89 bits per heavy atom. The van der Waals surface area contributed by atoms with Gasteiger partial charge in [-0.25, -0.2) is 0 Å². The first-order valence-corrected chi connectivity index (χ1v) is 6.94. The van der Waals surface area contributed by atoms with Crippen LogP contribution < -0.4 is 5.32 Å². The SMILES string of the molecule is CC(C)(C)OCC(=O)NCC1CCCCC1CO. The number of carbonyl (C=O) groups is 1. The summed E-state index contributed by atoms with van der Waals surface area (Å²) in [5.74, 6) is 0.706. The first-order chi connectivity index (χ1) is 8.42. The van der Waals surface area contributed by atoms with Crippen LogP contribution in [-0.2, 0) is 9.53 Å². The van der Waals surface area contributed by atoms with Gasteiger partial charge in [-0.3, -0.25) is 4.79 Å². The number of hydrogen-bond donors (Lipinski definition) is 2. The van der Waals surface area contributed by atoms with Crippen molar-refractivity contribution >= 4 is 5.91 Å². The summed E-state index contributed by atoms with van der Waals surface area (Å²) in [5, 5.41) is 12.2. The molecular weight excluding hydrogens is 230 g/mol. The summed E-state index contributed by atoms with van der Waals surface area (Å²) >= 11 is 0. The summed E-state index contributed by atoms with van der Waals surface area (Å²) in [6.45, 7) is 6.81. The molecule has 0 radical (unpaired) electrons. The highest BCUT2D eigenvalue weighted by molar-refractivity contribution is 5.77. The van der Waals surface area contributed by atoms with Gasteiger partial charge in [-0.05, 0) is 45.4 Å². The minimum absolute atomic E-state index is 0.0628. The predicted molar refractivity (Wildman–Crippen MR) is 71.2 cm³/mol. The van der Waals surface area contributed by atoms with Crippen LogP contribution in [0.1, 0.15) is 46.5 Å². The lowest BCUT2D eigenvalue weighted by molar-refractivity contribution is -0.130. The normalized spacial score (nSPS) is 24.9. The van der Waals surface area contributed by atoms with E-state index in [-0.39, 0.29) is 24.7 Å². The van der Waals surface area contributed by atoms with Crippen LogP contribution >= 0.6 is 0 Å². The summed E-state index contributed by atoms with van der Waals surface area (Å²) < 4.78 is 5.42. The third kappa shape index (κ3) is 5.83. The molecule has 1 fully saturated rings. The van der Waals surface area contributed by atoms with Crippen LogP contribution in [0.15, 0.2) is 0 Å². The lowest BCUT2D eigenvalue weighted by atomic mass is 9.79. The molecule has 0 heterocycles. The average molecular weight is 257 g/mol. The van der Waals surface area contributed by atoms with Gasteiger partial charge in [-0.2, -0.15) is 0 Å². The van der Waals surface area contributed by atoms with Crippen LogP contribution in [0, 0.1) is 11.8 Å². The highest BCUT2D eigenvalue weighted by atomic mass is 16.5. The third-order valence-electron chi connectivity index (χ3n) is 3.50. The van der Waals surface area contributed by atoms with Crippen molar-refractivity contribution in [2.75, 3.05) is 19.8 Å². The van der Waals surface area contributed by atoms with Crippen molar-refractivity contribution in [3.05, 3.63) is 0 Å². The Labute approximate surface area is 110 Å². The molecule has 1 saturated carbocycles. The molecule has 18 heavy (non-hydrogen) atoms. The zero-order valence-corrected chi connectivity index (χ0v) is 11.9. The van der Waals surface area contributed by atoms with Crippen LogP contribution in [-0.4, -0.2) is 36.4 Å². The van der Waals surface area contributed by atoms with Crippen LogP contribution in [0.25, 0.3) is 0 Å². The Balaban J connectivity index is 2.24. The Kier molecular flexibility index (Phi) is 6.09. The van der Waals surface area contributed by atoms with Crippen LogP contribution in [0.3, 0.4) is 0 Å². The van der Waals surface area contributed by atoms with E-state index in [9.17, 15) is 9.90 Å². The minimum atomic E-state index is -0.282. The molecule has 0 aromatic heterocycles. The van der Waals surface area contributed by atoms with Crippen LogP contribution in [0.4, 0.5) is 0 Å². The molecule has 0 aliphatic heterocycles. The predicted octanol–water partition coefficient (Wildman–Crippen LogP) is 1.72. The summed E-state index contributed by atoms with van der Waals surface area (Å²) in [6.07, 6.45) is 4.58. The van der Waals surface area contributed by atoms with Crippen LogP contribution in [0.2, 0.25) is 0 Å². The number of aliphatic hydroxyl groups is 1. The monoisotopic (exact) mass is 257 g/mol. The first-order valence-electron chi connectivity index (χ1n) is 6.94. The molecule has 1 rings (SSSR count). The second kappa shape index (κ2) is 7.10. The largest absolute Gasteiger partial charge is 0.396 e. The van der Waals surface area contributed by atoms with E-state index < -0.39 is 0 Å². The molecule has 4 heteroatoms. The second-order valence-corrected chi connectivity index (χ2v) is 6.19. The van der Waals surface area contributed by atoms with Gasteiger partial charge < -0.3 is 15.2 Å². The van der Waals surface area contributed by atoms with Crippen molar-refractivity contribution in [2.24, 2.45) is 11.8 Å².